The predicted molar refractivity (Wildman–Crippen MR) is 39.2 cm³/mol. The van der Waals surface area contributed by atoms with Crippen LogP contribution in [0.15, 0.2) is 0 Å². The first-order valence-corrected chi connectivity index (χ1v) is 4.89. The van der Waals surface area contributed by atoms with E-state index in [-0.39, 0.29) is 5.75 Å². The maximum Gasteiger partial charge on any atom is 0.217 e. The lowest BCUT2D eigenvalue weighted by atomic mass is 10.4. The molecule has 1 radical (unpaired) electrons. The van der Waals surface area contributed by atoms with Crippen molar-refractivity contribution in [2.24, 2.45) is 0 Å². The van der Waals surface area contributed by atoms with Crippen LogP contribution in [0.5, 0.6) is 0 Å². The second-order valence-corrected chi connectivity index (χ2v) is 4.44. The van der Waals surface area contributed by atoms with E-state index in [1.807, 2.05) is 0 Å². The Morgan fingerprint density at radius 2 is 1.90 bits per heavy atom. The van der Waals surface area contributed by atoms with Crippen LogP contribution in [0.25, 0.3) is 0 Å². The fourth-order valence-electron chi connectivity index (χ4n) is 0.612. The maximum absolute atomic E-state index is 10.9. The molecule has 0 aromatic rings. The number of carbonyl (C=O) groups excluding carboxylic acids is 1. The van der Waals surface area contributed by atoms with Crippen LogP contribution in [-0.2, 0) is 14.6 Å². The lowest BCUT2D eigenvalue weighted by Gasteiger charge is -2.04. The topological polar surface area (TPSA) is 51.2 Å². The van der Waals surface area contributed by atoms with E-state index in [1.165, 1.54) is 13.2 Å². The molecule has 1 atom stereocenters. The molecule has 0 amide bonds. The number of hydrogen-bond donors (Lipinski definition) is 0. The SMILES string of the molecule is CCC([C]=O)S(=O)(=O)CC. The molecular weight excluding hydrogens is 152 g/mol. The Labute approximate surface area is 61.4 Å². The van der Waals surface area contributed by atoms with E-state index in [4.69, 9.17) is 0 Å². The van der Waals surface area contributed by atoms with Crippen molar-refractivity contribution in [2.75, 3.05) is 5.75 Å². The second-order valence-electron chi connectivity index (χ2n) is 1.97. The van der Waals surface area contributed by atoms with E-state index in [9.17, 15) is 13.2 Å². The summed E-state index contributed by atoms with van der Waals surface area (Å²) in [5, 5.41) is -0.919. The molecule has 3 nitrogen and oxygen atoms in total. The summed E-state index contributed by atoms with van der Waals surface area (Å²) in [5.41, 5.74) is 0. The Balaban J connectivity index is 4.43. The predicted octanol–water partition coefficient (Wildman–Crippen LogP) is 0.309. The average Bonchev–Trinajstić information content (AvgIpc) is 1.90. The molecular formula is C6H11O3S. The monoisotopic (exact) mass is 163 g/mol. The molecule has 0 spiro atoms. The molecule has 0 aliphatic heterocycles. The van der Waals surface area contributed by atoms with Gasteiger partial charge >= 0.3 is 0 Å². The fraction of sp³-hybridized carbons (Fsp3) is 0.833. The highest BCUT2D eigenvalue weighted by atomic mass is 32.2. The van der Waals surface area contributed by atoms with Crippen molar-refractivity contribution < 1.29 is 13.2 Å². The third-order valence-corrected chi connectivity index (χ3v) is 3.44. The summed E-state index contributed by atoms with van der Waals surface area (Å²) in [5.74, 6) is 0.0146. The van der Waals surface area contributed by atoms with Crippen LogP contribution in [0, 0.1) is 0 Å². The summed E-state index contributed by atoms with van der Waals surface area (Å²) in [4.78, 5) is 10.0. The summed E-state index contributed by atoms with van der Waals surface area (Å²) in [7, 11) is -3.18. The maximum atomic E-state index is 10.9. The van der Waals surface area contributed by atoms with Gasteiger partial charge in [0, 0.05) is 5.75 Å². The molecule has 0 aromatic heterocycles. The molecule has 0 saturated carbocycles. The number of rotatable bonds is 4. The molecule has 0 fully saturated rings. The lowest BCUT2D eigenvalue weighted by molar-refractivity contribution is 0.543. The van der Waals surface area contributed by atoms with E-state index < -0.39 is 15.1 Å². The Morgan fingerprint density at radius 3 is 2.00 bits per heavy atom. The fourth-order valence-corrected chi connectivity index (χ4v) is 1.67. The van der Waals surface area contributed by atoms with E-state index in [0.717, 1.165) is 0 Å². The van der Waals surface area contributed by atoms with Gasteiger partial charge in [0.2, 0.25) is 6.29 Å². The van der Waals surface area contributed by atoms with Crippen LogP contribution in [0.1, 0.15) is 20.3 Å². The van der Waals surface area contributed by atoms with Gasteiger partial charge in [-0.3, -0.25) is 4.79 Å². The molecule has 0 heterocycles. The van der Waals surface area contributed by atoms with Crippen LogP contribution in [0.3, 0.4) is 0 Å². The third kappa shape index (κ3) is 2.10. The van der Waals surface area contributed by atoms with Crippen molar-refractivity contribution in [3.8, 4) is 0 Å². The smallest absolute Gasteiger partial charge is 0.217 e. The largest absolute Gasteiger partial charge is 0.289 e. The zero-order valence-corrected chi connectivity index (χ0v) is 6.94. The highest BCUT2D eigenvalue weighted by molar-refractivity contribution is 7.92. The van der Waals surface area contributed by atoms with Crippen LogP contribution in [-0.4, -0.2) is 25.7 Å². The first kappa shape index (κ1) is 9.62. The van der Waals surface area contributed by atoms with Gasteiger partial charge in [-0.2, -0.15) is 0 Å². The number of hydrogen-bond acceptors (Lipinski definition) is 3. The minimum Gasteiger partial charge on any atom is -0.289 e. The molecule has 0 N–H and O–H groups in total. The minimum absolute atomic E-state index is 0.0146. The summed E-state index contributed by atoms with van der Waals surface area (Å²) >= 11 is 0. The first-order chi connectivity index (χ1) is 4.58. The zero-order chi connectivity index (χ0) is 8.20. The van der Waals surface area contributed by atoms with Crippen LogP contribution >= 0.6 is 0 Å². The van der Waals surface area contributed by atoms with Crippen molar-refractivity contribution in [3.63, 3.8) is 0 Å². The molecule has 0 aliphatic rings. The van der Waals surface area contributed by atoms with Gasteiger partial charge in [0.25, 0.3) is 0 Å². The van der Waals surface area contributed by atoms with E-state index in [1.54, 1.807) is 6.92 Å². The molecule has 0 rings (SSSR count). The van der Waals surface area contributed by atoms with Gasteiger partial charge in [0.15, 0.2) is 9.84 Å². The minimum atomic E-state index is -3.18. The highest BCUT2D eigenvalue weighted by Gasteiger charge is 2.21. The Morgan fingerprint density at radius 1 is 1.40 bits per heavy atom. The Bertz CT molecular complexity index is 193. The molecule has 1 unspecified atom stereocenters. The summed E-state index contributed by atoms with van der Waals surface area (Å²) in [6.45, 7) is 3.18. The van der Waals surface area contributed by atoms with E-state index in [2.05, 4.69) is 0 Å². The van der Waals surface area contributed by atoms with Crippen LogP contribution in [0.4, 0.5) is 0 Å². The second kappa shape index (κ2) is 3.71. The standard InChI is InChI=1S/C6H11O3S/c1-3-6(5-7)10(8,9)4-2/h6H,3-4H2,1-2H3. The van der Waals surface area contributed by atoms with Crippen molar-refractivity contribution in [3.05, 3.63) is 0 Å². The number of sulfone groups is 1. The molecule has 0 aliphatic carbocycles. The van der Waals surface area contributed by atoms with E-state index in [0.29, 0.717) is 6.42 Å². The quantitative estimate of drug-likeness (QED) is 0.599. The summed E-state index contributed by atoms with van der Waals surface area (Å²) in [6.07, 6.45) is 1.82. The Kier molecular flexibility index (Phi) is 3.57. The molecule has 4 heteroatoms. The van der Waals surface area contributed by atoms with Gasteiger partial charge in [0.1, 0.15) is 5.25 Å². The normalized spacial score (nSPS) is 14.6. The summed E-state index contributed by atoms with van der Waals surface area (Å²) in [6, 6.07) is 0. The Hall–Kier alpha value is -0.380. The summed E-state index contributed by atoms with van der Waals surface area (Å²) < 4.78 is 21.8. The van der Waals surface area contributed by atoms with E-state index >= 15 is 0 Å². The average molecular weight is 163 g/mol. The van der Waals surface area contributed by atoms with Crippen molar-refractivity contribution >= 4 is 16.1 Å². The third-order valence-electron chi connectivity index (χ3n) is 1.34. The van der Waals surface area contributed by atoms with Gasteiger partial charge in [-0.05, 0) is 6.42 Å². The van der Waals surface area contributed by atoms with Crippen molar-refractivity contribution in [1.82, 2.24) is 0 Å². The molecule has 0 saturated heterocycles. The van der Waals surface area contributed by atoms with Gasteiger partial charge in [0.05, 0.1) is 0 Å². The first-order valence-electron chi connectivity index (χ1n) is 3.17. The van der Waals surface area contributed by atoms with Crippen LogP contribution in [0.2, 0.25) is 0 Å². The molecule has 0 bridgehead atoms. The van der Waals surface area contributed by atoms with Gasteiger partial charge in [-0.1, -0.05) is 13.8 Å². The molecule has 59 valence electrons. The van der Waals surface area contributed by atoms with Crippen molar-refractivity contribution in [2.45, 2.75) is 25.5 Å². The lowest BCUT2D eigenvalue weighted by Crippen LogP contribution is -2.23. The van der Waals surface area contributed by atoms with Gasteiger partial charge in [-0.15, -0.1) is 0 Å². The highest BCUT2D eigenvalue weighted by Crippen LogP contribution is 2.02. The van der Waals surface area contributed by atoms with Crippen molar-refractivity contribution in [1.29, 1.82) is 0 Å². The molecule has 10 heavy (non-hydrogen) atoms. The van der Waals surface area contributed by atoms with Gasteiger partial charge < -0.3 is 0 Å². The van der Waals surface area contributed by atoms with Crippen LogP contribution < -0.4 is 0 Å². The molecule has 0 aromatic carbocycles. The zero-order valence-electron chi connectivity index (χ0n) is 6.12. The van der Waals surface area contributed by atoms with Gasteiger partial charge in [-0.25, -0.2) is 8.42 Å².